The highest BCUT2D eigenvalue weighted by molar-refractivity contribution is 7.99. The van der Waals surface area contributed by atoms with Crippen molar-refractivity contribution in [1.29, 1.82) is 0 Å². The summed E-state index contributed by atoms with van der Waals surface area (Å²) in [6.07, 6.45) is 1.61. The molecule has 0 spiro atoms. The lowest BCUT2D eigenvalue weighted by molar-refractivity contribution is -0.118. The van der Waals surface area contributed by atoms with Crippen LogP contribution >= 0.6 is 23.4 Å². The van der Waals surface area contributed by atoms with Crippen molar-refractivity contribution in [3.05, 3.63) is 95.0 Å². The SMILES string of the molecule is Cc1ccc(-c2nnc(SCC(=O)NN=Cc3ccccc3)n2-c2ccc(Cl)cc2)cc1. The number of halogens is 1. The number of amides is 1. The minimum atomic E-state index is -0.232. The average Bonchev–Trinajstić information content (AvgIpc) is 3.23. The van der Waals surface area contributed by atoms with Crippen LogP contribution in [-0.2, 0) is 4.79 Å². The predicted octanol–water partition coefficient (Wildman–Crippen LogP) is 5.14. The fourth-order valence-electron chi connectivity index (χ4n) is 2.96. The van der Waals surface area contributed by atoms with Crippen LogP contribution in [0.3, 0.4) is 0 Å². The van der Waals surface area contributed by atoms with E-state index in [4.69, 9.17) is 11.6 Å². The molecule has 1 N–H and O–H groups in total. The summed E-state index contributed by atoms with van der Waals surface area (Å²) in [7, 11) is 0. The number of nitrogens with zero attached hydrogens (tertiary/aromatic N) is 4. The zero-order valence-corrected chi connectivity index (χ0v) is 18.8. The molecule has 0 atom stereocenters. The Morgan fingerprint density at radius 1 is 1.03 bits per heavy atom. The number of thioether (sulfide) groups is 1. The van der Waals surface area contributed by atoms with Crippen molar-refractivity contribution in [1.82, 2.24) is 20.2 Å². The lowest BCUT2D eigenvalue weighted by atomic mass is 10.1. The number of nitrogens with one attached hydrogen (secondary N) is 1. The van der Waals surface area contributed by atoms with Crippen molar-refractivity contribution in [2.75, 3.05) is 5.75 Å². The van der Waals surface area contributed by atoms with Gasteiger partial charge >= 0.3 is 0 Å². The summed E-state index contributed by atoms with van der Waals surface area (Å²) >= 11 is 7.36. The predicted molar refractivity (Wildman–Crippen MR) is 129 cm³/mol. The number of carbonyl (C=O) groups is 1. The lowest BCUT2D eigenvalue weighted by Crippen LogP contribution is -2.20. The van der Waals surface area contributed by atoms with E-state index < -0.39 is 0 Å². The maximum Gasteiger partial charge on any atom is 0.250 e. The normalized spacial score (nSPS) is 11.1. The number of hydrogen-bond donors (Lipinski definition) is 1. The molecule has 0 bridgehead atoms. The molecule has 4 aromatic rings. The molecule has 0 aliphatic carbocycles. The molecule has 3 aromatic carbocycles. The van der Waals surface area contributed by atoms with Gasteiger partial charge in [-0.3, -0.25) is 9.36 Å². The molecule has 1 amide bonds. The van der Waals surface area contributed by atoms with E-state index in [1.807, 2.05) is 90.4 Å². The van der Waals surface area contributed by atoms with Crippen molar-refractivity contribution >= 4 is 35.5 Å². The van der Waals surface area contributed by atoms with Gasteiger partial charge in [0.2, 0.25) is 0 Å². The molecule has 4 rings (SSSR count). The van der Waals surface area contributed by atoms with E-state index in [9.17, 15) is 4.79 Å². The summed E-state index contributed by atoms with van der Waals surface area (Å²) in [6.45, 7) is 2.04. The Kier molecular flexibility index (Phi) is 6.99. The smallest absolute Gasteiger partial charge is 0.250 e. The Hall–Kier alpha value is -3.42. The standard InChI is InChI=1S/C24H20ClN5OS/c1-17-7-9-19(10-8-17)23-28-29-24(30(23)21-13-11-20(25)12-14-21)32-16-22(31)27-26-15-18-5-3-2-4-6-18/h2-15H,16H2,1H3,(H,27,31). The van der Waals surface area contributed by atoms with Gasteiger partial charge in [0.25, 0.3) is 5.91 Å². The first-order valence-corrected chi connectivity index (χ1v) is 11.2. The molecule has 160 valence electrons. The van der Waals surface area contributed by atoms with Crippen LogP contribution in [0.5, 0.6) is 0 Å². The molecule has 32 heavy (non-hydrogen) atoms. The van der Waals surface area contributed by atoms with Crippen LogP contribution in [0.25, 0.3) is 17.1 Å². The van der Waals surface area contributed by atoms with Crippen molar-refractivity contribution < 1.29 is 4.79 Å². The molecule has 0 saturated heterocycles. The monoisotopic (exact) mass is 461 g/mol. The third kappa shape index (κ3) is 5.43. The van der Waals surface area contributed by atoms with E-state index in [0.717, 1.165) is 22.4 Å². The van der Waals surface area contributed by atoms with Gasteiger partial charge in [0.05, 0.1) is 12.0 Å². The first kappa shape index (κ1) is 21.8. The number of hydrazone groups is 1. The molecule has 0 fully saturated rings. The van der Waals surface area contributed by atoms with Crippen LogP contribution in [-0.4, -0.2) is 32.6 Å². The van der Waals surface area contributed by atoms with E-state index in [-0.39, 0.29) is 11.7 Å². The van der Waals surface area contributed by atoms with Crippen LogP contribution in [0.4, 0.5) is 0 Å². The number of carbonyl (C=O) groups excluding carboxylic acids is 1. The van der Waals surface area contributed by atoms with Crippen LogP contribution in [0.2, 0.25) is 5.02 Å². The highest BCUT2D eigenvalue weighted by Gasteiger charge is 2.17. The molecule has 8 heteroatoms. The van der Waals surface area contributed by atoms with Gasteiger partial charge in [-0.05, 0) is 36.8 Å². The van der Waals surface area contributed by atoms with Gasteiger partial charge in [-0.2, -0.15) is 5.10 Å². The highest BCUT2D eigenvalue weighted by Crippen LogP contribution is 2.28. The maximum absolute atomic E-state index is 12.3. The summed E-state index contributed by atoms with van der Waals surface area (Å²) < 4.78 is 1.92. The van der Waals surface area contributed by atoms with E-state index in [1.54, 1.807) is 6.21 Å². The maximum atomic E-state index is 12.3. The lowest BCUT2D eigenvalue weighted by Gasteiger charge is -2.10. The summed E-state index contributed by atoms with van der Waals surface area (Å²) in [5.74, 6) is 0.605. The van der Waals surface area contributed by atoms with Crippen LogP contribution < -0.4 is 5.43 Å². The molecule has 0 radical (unpaired) electrons. The molecule has 0 aliphatic heterocycles. The van der Waals surface area contributed by atoms with Gasteiger partial charge in [0, 0.05) is 16.3 Å². The van der Waals surface area contributed by atoms with E-state index in [2.05, 4.69) is 20.7 Å². The van der Waals surface area contributed by atoms with Gasteiger partial charge in [-0.25, -0.2) is 5.43 Å². The first-order chi connectivity index (χ1) is 15.6. The highest BCUT2D eigenvalue weighted by atomic mass is 35.5. The molecule has 6 nitrogen and oxygen atoms in total. The van der Waals surface area contributed by atoms with Gasteiger partial charge in [-0.1, -0.05) is 83.5 Å². The fourth-order valence-corrected chi connectivity index (χ4v) is 3.83. The molecular weight excluding hydrogens is 442 g/mol. The number of aromatic nitrogens is 3. The Labute approximate surface area is 195 Å². The largest absolute Gasteiger partial charge is 0.272 e. The Balaban J connectivity index is 1.53. The van der Waals surface area contributed by atoms with Gasteiger partial charge in [-0.15, -0.1) is 10.2 Å². The Morgan fingerprint density at radius 2 is 1.75 bits per heavy atom. The third-order valence-corrected chi connectivity index (χ3v) is 5.74. The second kappa shape index (κ2) is 10.3. The quantitative estimate of drug-likeness (QED) is 0.235. The molecule has 1 aromatic heterocycles. The van der Waals surface area contributed by atoms with E-state index in [0.29, 0.717) is 16.0 Å². The molecular formula is C24H20ClN5OS. The number of aryl methyl sites for hydroxylation is 1. The topological polar surface area (TPSA) is 72.2 Å². The van der Waals surface area contributed by atoms with E-state index >= 15 is 0 Å². The average molecular weight is 462 g/mol. The van der Waals surface area contributed by atoms with Gasteiger partial charge in [0.15, 0.2) is 11.0 Å². The zero-order chi connectivity index (χ0) is 22.3. The summed E-state index contributed by atoms with van der Waals surface area (Å²) in [6, 6.07) is 25.1. The minimum Gasteiger partial charge on any atom is -0.272 e. The van der Waals surface area contributed by atoms with Crippen molar-refractivity contribution in [2.24, 2.45) is 5.10 Å². The Bertz CT molecular complexity index is 1220. The molecule has 0 saturated carbocycles. The van der Waals surface area contributed by atoms with Crippen molar-refractivity contribution in [2.45, 2.75) is 12.1 Å². The van der Waals surface area contributed by atoms with Gasteiger partial charge in [0.1, 0.15) is 0 Å². The summed E-state index contributed by atoms with van der Waals surface area (Å²) in [4.78, 5) is 12.3. The van der Waals surface area contributed by atoms with Crippen molar-refractivity contribution in [3.63, 3.8) is 0 Å². The molecule has 0 unspecified atom stereocenters. The third-order valence-electron chi connectivity index (χ3n) is 4.56. The Morgan fingerprint density at radius 3 is 2.47 bits per heavy atom. The first-order valence-electron chi connectivity index (χ1n) is 9.88. The number of hydrogen-bond acceptors (Lipinski definition) is 5. The second-order valence-corrected chi connectivity index (χ2v) is 8.36. The molecule has 0 aliphatic rings. The fraction of sp³-hybridized carbons (Fsp3) is 0.0833. The van der Waals surface area contributed by atoms with Crippen molar-refractivity contribution in [3.8, 4) is 17.1 Å². The van der Waals surface area contributed by atoms with Gasteiger partial charge < -0.3 is 0 Å². The van der Waals surface area contributed by atoms with Crippen LogP contribution in [0.1, 0.15) is 11.1 Å². The number of rotatable bonds is 7. The van der Waals surface area contributed by atoms with Crippen LogP contribution in [0.15, 0.2) is 89.1 Å². The summed E-state index contributed by atoms with van der Waals surface area (Å²) in [5, 5.41) is 14.0. The molecule has 1 heterocycles. The summed E-state index contributed by atoms with van der Waals surface area (Å²) in [5.41, 5.74) is 6.41. The van der Waals surface area contributed by atoms with Crippen LogP contribution in [0, 0.1) is 6.92 Å². The number of benzene rings is 3. The minimum absolute atomic E-state index is 0.145. The second-order valence-electron chi connectivity index (χ2n) is 6.98. The zero-order valence-electron chi connectivity index (χ0n) is 17.3. The van der Waals surface area contributed by atoms with E-state index in [1.165, 1.54) is 11.8 Å².